The van der Waals surface area contributed by atoms with Gasteiger partial charge in [-0.25, -0.2) is 36.2 Å². The van der Waals surface area contributed by atoms with Crippen LogP contribution >= 0.6 is 11.6 Å². The molecule has 76 heavy (non-hydrogen) atoms. The van der Waals surface area contributed by atoms with Crippen LogP contribution in [0.5, 0.6) is 11.5 Å². The third-order valence-electron chi connectivity index (χ3n) is 11.2. The number of methoxy groups -OCH3 is 2. The zero-order valence-electron chi connectivity index (χ0n) is 40.6. The number of nitrogens with one attached hydrogen (secondary N) is 5. The minimum absolute atomic E-state index is 0. The van der Waals surface area contributed by atoms with Crippen molar-refractivity contribution in [1.82, 2.24) is 19.4 Å². The zero-order chi connectivity index (χ0) is 54.6. The fourth-order valence-corrected chi connectivity index (χ4v) is 9.32. The number of anilines is 9. The van der Waals surface area contributed by atoms with E-state index in [1.807, 2.05) is 30.3 Å². The van der Waals surface area contributed by atoms with E-state index in [0.29, 0.717) is 42.7 Å². The second-order valence-electron chi connectivity index (χ2n) is 16.0. The third kappa shape index (κ3) is 15.6. The number of rotatable bonds is 14. The molecule has 0 unspecified atom stereocenters. The van der Waals surface area contributed by atoms with E-state index in [2.05, 4.69) is 45.2 Å². The predicted octanol–water partition coefficient (Wildman–Crippen LogP) is 9.50. The normalized spacial score (nSPS) is 13.9. The Morgan fingerprint density at radius 2 is 1.01 bits per heavy atom. The standard InChI is InChI=1S/C24H26F3N5O4S.C13H11ClF3N3O2S.C11H16N2O2.CH4/c1-28-37(33,34)22-6-4-3-5-19(22)30-20-14-23(29-15-17(20)24(25,26)27)31-18-8-7-16(13-21(18)35-2)32-9-11-36-12-10-32;1-18-23(21,22)11-5-3-2-4-9(11)20-10-6-12(14)19-7-8(10)13(15,16)17;1-14-11-8-9(2-3-10(11)12)13-4-6-15-7-5-13;/h3-8,13-15,28H,9-12H2,1-2H3,(H2,29,30,31);2-7,18H,1H3,(H,19,20);2-3,8H,4-7,12H2,1H3;1H4. The molecular formula is C49H57ClF6N10O8S2. The fraction of sp³-hybridized carbons (Fsp3) is 0.306. The summed E-state index contributed by atoms with van der Waals surface area (Å²) in [4.78, 5) is 11.4. The van der Waals surface area contributed by atoms with Crippen LogP contribution in [0.15, 0.2) is 119 Å². The smallest absolute Gasteiger partial charge is 0.419 e. The summed E-state index contributed by atoms with van der Waals surface area (Å²) in [7, 11) is -2.23. The molecular weight excluding hydrogens is 1070 g/mol. The van der Waals surface area contributed by atoms with Crippen LogP contribution in [0.4, 0.5) is 77.7 Å². The second kappa shape index (κ2) is 26.3. The average Bonchev–Trinajstić information content (AvgIpc) is 3.39. The van der Waals surface area contributed by atoms with E-state index in [4.69, 9.17) is 36.3 Å². The molecule has 7 N–H and O–H groups in total. The van der Waals surface area contributed by atoms with Gasteiger partial charge in [0.15, 0.2) is 0 Å². The van der Waals surface area contributed by atoms with Gasteiger partial charge in [-0.3, -0.25) is 0 Å². The number of nitrogens with two attached hydrogens (primary N) is 1. The molecule has 412 valence electrons. The van der Waals surface area contributed by atoms with Crippen molar-refractivity contribution in [3.05, 3.63) is 126 Å². The van der Waals surface area contributed by atoms with Gasteiger partial charge in [-0.05, 0) is 68.7 Å². The summed E-state index contributed by atoms with van der Waals surface area (Å²) < 4.78 is 155. The molecule has 0 aliphatic carbocycles. The van der Waals surface area contributed by atoms with Crippen LogP contribution in [-0.4, -0.2) is 108 Å². The van der Waals surface area contributed by atoms with Crippen LogP contribution in [0.1, 0.15) is 18.6 Å². The zero-order valence-corrected chi connectivity index (χ0v) is 43.0. The van der Waals surface area contributed by atoms with Crippen LogP contribution < -0.4 is 50.4 Å². The lowest BCUT2D eigenvalue weighted by atomic mass is 10.2. The average molecular weight is 1130 g/mol. The number of nitrogens with zero attached hydrogens (tertiary/aromatic N) is 4. The van der Waals surface area contributed by atoms with E-state index in [1.54, 1.807) is 13.2 Å². The van der Waals surface area contributed by atoms with Crippen LogP contribution in [0, 0.1) is 0 Å². The number of morpholine rings is 2. The monoisotopic (exact) mass is 1130 g/mol. The number of benzene rings is 4. The topological polar surface area (TPSA) is 224 Å². The molecule has 0 saturated carbocycles. The summed E-state index contributed by atoms with van der Waals surface area (Å²) in [5.74, 6) is 1.31. The van der Waals surface area contributed by atoms with Crippen molar-refractivity contribution in [2.45, 2.75) is 29.6 Å². The van der Waals surface area contributed by atoms with Crippen LogP contribution in [0.25, 0.3) is 0 Å². The van der Waals surface area contributed by atoms with Crippen LogP contribution in [0.2, 0.25) is 5.15 Å². The van der Waals surface area contributed by atoms with Crippen molar-refractivity contribution in [3.63, 3.8) is 0 Å². The molecule has 0 amide bonds. The largest absolute Gasteiger partial charge is 0.495 e. The Labute approximate surface area is 442 Å². The van der Waals surface area contributed by atoms with Gasteiger partial charge in [-0.2, -0.15) is 26.3 Å². The Morgan fingerprint density at radius 1 is 0.579 bits per heavy atom. The fourth-order valence-electron chi connectivity index (χ4n) is 7.39. The number of nitrogen functional groups attached to an aromatic ring is 1. The summed E-state index contributed by atoms with van der Waals surface area (Å²) in [5, 5.41) is 7.93. The molecule has 0 atom stereocenters. The SMILES string of the molecule is C.CNS(=O)(=O)c1ccccc1Nc1cc(Cl)ncc1C(F)(F)F.CNS(=O)(=O)c1ccccc1Nc1cc(Nc2ccc(N3CCOCC3)cc2OC)ncc1C(F)(F)F.COc1cc(N2CCOCC2)ccc1N. The van der Waals surface area contributed by atoms with E-state index in [9.17, 15) is 43.2 Å². The van der Waals surface area contributed by atoms with E-state index in [0.717, 1.165) is 62.6 Å². The summed E-state index contributed by atoms with van der Waals surface area (Å²) in [6, 6.07) is 24.7. The van der Waals surface area contributed by atoms with Crippen molar-refractivity contribution in [1.29, 1.82) is 0 Å². The Balaban J connectivity index is 0.000000232. The van der Waals surface area contributed by atoms with Crippen molar-refractivity contribution < 1.29 is 62.1 Å². The number of hydrogen-bond acceptors (Lipinski definition) is 16. The number of pyridine rings is 2. The van der Waals surface area contributed by atoms with Crippen LogP contribution in [-0.2, 0) is 41.9 Å². The first kappa shape index (κ1) is 60.1. The van der Waals surface area contributed by atoms with Gasteiger partial charge < -0.3 is 50.4 Å². The highest BCUT2D eigenvalue weighted by molar-refractivity contribution is 7.90. The molecule has 2 saturated heterocycles. The Bertz CT molecular complexity index is 3130. The van der Waals surface area contributed by atoms with E-state index < -0.39 is 49.2 Å². The maximum atomic E-state index is 13.8. The highest BCUT2D eigenvalue weighted by Gasteiger charge is 2.36. The quantitative estimate of drug-likeness (QED) is 0.0339. The molecule has 27 heteroatoms. The molecule has 2 aromatic heterocycles. The lowest BCUT2D eigenvalue weighted by molar-refractivity contribution is -0.138. The minimum Gasteiger partial charge on any atom is -0.495 e. The number of para-hydroxylation sites is 2. The molecule has 0 bridgehead atoms. The molecule has 2 fully saturated rings. The van der Waals surface area contributed by atoms with Gasteiger partial charge >= 0.3 is 12.4 Å². The van der Waals surface area contributed by atoms with Gasteiger partial charge in [-0.15, -0.1) is 0 Å². The predicted molar refractivity (Wildman–Crippen MR) is 282 cm³/mol. The van der Waals surface area contributed by atoms with Crippen molar-refractivity contribution in [2.75, 3.05) is 112 Å². The first-order valence-corrected chi connectivity index (χ1v) is 25.9. The Hall–Kier alpha value is -6.81. The minimum atomic E-state index is -4.73. The van der Waals surface area contributed by atoms with Gasteiger partial charge in [0.2, 0.25) is 20.0 Å². The third-order valence-corrected chi connectivity index (χ3v) is 14.4. The first-order chi connectivity index (χ1) is 35.6. The van der Waals surface area contributed by atoms with Gasteiger partial charge in [0.1, 0.15) is 32.3 Å². The van der Waals surface area contributed by atoms with E-state index in [1.165, 1.54) is 75.8 Å². The summed E-state index contributed by atoms with van der Waals surface area (Å²) in [5.41, 5.74) is 6.09. The molecule has 2 aliphatic rings. The number of aromatic nitrogens is 2. The molecule has 4 heterocycles. The molecule has 18 nitrogen and oxygen atoms in total. The molecule has 8 rings (SSSR count). The van der Waals surface area contributed by atoms with Crippen molar-refractivity contribution in [3.8, 4) is 11.5 Å². The molecule has 6 aromatic rings. The van der Waals surface area contributed by atoms with Gasteiger partial charge in [0.05, 0.1) is 85.9 Å². The van der Waals surface area contributed by atoms with Crippen molar-refractivity contribution in [2.24, 2.45) is 0 Å². The molecule has 0 spiro atoms. The molecule has 4 aromatic carbocycles. The number of halogens is 7. The lowest BCUT2D eigenvalue weighted by Crippen LogP contribution is -2.36. The van der Waals surface area contributed by atoms with E-state index in [-0.39, 0.29) is 45.3 Å². The van der Waals surface area contributed by atoms with E-state index >= 15 is 0 Å². The number of hydrogen-bond donors (Lipinski definition) is 6. The van der Waals surface area contributed by atoms with Gasteiger partial charge in [0, 0.05) is 68.1 Å². The maximum Gasteiger partial charge on any atom is 0.419 e. The highest BCUT2D eigenvalue weighted by atomic mass is 35.5. The Kier molecular flexibility index (Phi) is 20.8. The molecule has 2 aliphatic heterocycles. The van der Waals surface area contributed by atoms with Crippen molar-refractivity contribution >= 4 is 83.0 Å². The lowest BCUT2D eigenvalue weighted by Gasteiger charge is -2.29. The Morgan fingerprint density at radius 3 is 1.47 bits per heavy atom. The summed E-state index contributed by atoms with van der Waals surface area (Å²) in [6.07, 6.45) is -8.13. The first-order valence-electron chi connectivity index (χ1n) is 22.5. The summed E-state index contributed by atoms with van der Waals surface area (Å²) >= 11 is 5.64. The van der Waals surface area contributed by atoms with Crippen LogP contribution in [0.3, 0.4) is 0 Å². The highest BCUT2D eigenvalue weighted by Crippen LogP contribution is 2.40. The molecule has 0 radical (unpaired) electrons. The second-order valence-corrected chi connectivity index (χ2v) is 20.1. The van der Waals surface area contributed by atoms with Gasteiger partial charge in [0.25, 0.3) is 0 Å². The summed E-state index contributed by atoms with van der Waals surface area (Å²) in [6.45, 7) is 6.12. The number of ether oxygens (including phenoxy) is 4. The number of alkyl halides is 6. The van der Waals surface area contributed by atoms with Gasteiger partial charge in [-0.1, -0.05) is 43.3 Å². The maximum absolute atomic E-state index is 13.8. The number of sulfonamides is 2.